The summed E-state index contributed by atoms with van der Waals surface area (Å²) in [7, 11) is 3.21. The van der Waals surface area contributed by atoms with Crippen LogP contribution < -0.4 is 9.47 Å². The number of aliphatic hydroxyl groups excluding tert-OH is 1. The van der Waals surface area contributed by atoms with E-state index in [-0.39, 0.29) is 6.61 Å². The summed E-state index contributed by atoms with van der Waals surface area (Å²) in [6.45, 7) is 0.800. The van der Waals surface area contributed by atoms with Gasteiger partial charge >= 0.3 is 0 Å². The first-order valence-corrected chi connectivity index (χ1v) is 5.14. The molecule has 1 aromatic carbocycles. The fourth-order valence-electron chi connectivity index (χ4n) is 1.27. The molecule has 0 aliphatic rings. The van der Waals surface area contributed by atoms with E-state index in [1.807, 2.05) is 18.2 Å². The SMILES string of the molecule is COc1ccc(C=NCCCO)cc1OC. The van der Waals surface area contributed by atoms with E-state index in [1.165, 1.54) is 0 Å². The number of benzene rings is 1. The van der Waals surface area contributed by atoms with Crippen molar-refractivity contribution in [2.75, 3.05) is 27.4 Å². The minimum Gasteiger partial charge on any atom is -0.493 e. The lowest BCUT2D eigenvalue weighted by Crippen LogP contribution is -1.93. The van der Waals surface area contributed by atoms with Crippen molar-refractivity contribution in [1.82, 2.24) is 0 Å². The molecule has 0 bridgehead atoms. The summed E-state index contributed by atoms with van der Waals surface area (Å²) in [6.07, 6.45) is 2.45. The molecule has 0 fully saturated rings. The van der Waals surface area contributed by atoms with Gasteiger partial charge in [-0.2, -0.15) is 0 Å². The van der Waals surface area contributed by atoms with Crippen LogP contribution in [0.2, 0.25) is 0 Å². The van der Waals surface area contributed by atoms with Crippen LogP contribution in [0.5, 0.6) is 11.5 Å². The largest absolute Gasteiger partial charge is 0.493 e. The van der Waals surface area contributed by atoms with Crippen molar-refractivity contribution >= 4 is 6.21 Å². The highest BCUT2D eigenvalue weighted by molar-refractivity contribution is 5.80. The summed E-state index contributed by atoms with van der Waals surface area (Å²) < 4.78 is 10.3. The first-order valence-electron chi connectivity index (χ1n) is 5.14. The molecule has 0 saturated heterocycles. The third-order valence-electron chi connectivity index (χ3n) is 2.09. The number of aliphatic imine (C=N–C) groups is 1. The summed E-state index contributed by atoms with van der Waals surface area (Å²) in [5, 5.41) is 8.60. The number of methoxy groups -OCH3 is 2. The summed E-state index contributed by atoms with van der Waals surface area (Å²) >= 11 is 0. The van der Waals surface area contributed by atoms with Gasteiger partial charge in [0, 0.05) is 19.4 Å². The van der Waals surface area contributed by atoms with E-state index in [0.29, 0.717) is 24.5 Å². The highest BCUT2D eigenvalue weighted by Crippen LogP contribution is 2.26. The van der Waals surface area contributed by atoms with Crippen molar-refractivity contribution in [1.29, 1.82) is 0 Å². The second-order valence-corrected chi connectivity index (χ2v) is 3.23. The van der Waals surface area contributed by atoms with Crippen molar-refractivity contribution in [3.8, 4) is 11.5 Å². The molecule has 0 saturated carbocycles. The number of rotatable bonds is 6. The molecule has 0 aromatic heterocycles. The lowest BCUT2D eigenvalue weighted by molar-refractivity contribution is 0.291. The Hall–Kier alpha value is -1.55. The predicted molar refractivity (Wildman–Crippen MR) is 63.7 cm³/mol. The topological polar surface area (TPSA) is 51.0 Å². The minimum atomic E-state index is 0.170. The van der Waals surface area contributed by atoms with Gasteiger partial charge in [-0.25, -0.2) is 0 Å². The first-order chi connectivity index (χ1) is 7.81. The molecule has 1 N–H and O–H groups in total. The van der Waals surface area contributed by atoms with Gasteiger partial charge in [-0.05, 0) is 30.2 Å². The number of hydrogen-bond acceptors (Lipinski definition) is 4. The van der Waals surface area contributed by atoms with Crippen LogP contribution >= 0.6 is 0 Å². The number of aliphatic hydroxyl groups is 1. The second kappa shape index (κ2) is 6.85. The third kappa shape index (κ3) is 3.55. The van der Waals surface area contributed by atoms with E-state index in [0.717, 1.165) is 5.56 Å². The van der Waals surface area contributed by atoms with Crippen molar-refractivity contribution < 1.29 is 14.6 Å². The van der Waals surface area contributed by atoms with E-state index in [2.05, 4.69) is 4.99 Å². The Morgan fingerprint density at radius 1 is 1.25 bits per heavy atom. The maximum atomic E-state index is 8.60. The average Bonchev–Trinajstić information content (AvgIpc) is 2.34. The molecule has 1 rings (SSSR count). The molecular formula is C12H17NO3. The van der Waals surface area contributed by atoms with Crippen LogP contribution in [-0.2, 0) is 0 Å². The molecule has 0 aliphatic heterocycles. The normalized spacial score (nSPS) is 10.7. The van der Waals surface area contributed by atoms with E-state index in [1.54, 1.807) is 20.4 Å². The molecule has 88 valence electrons. The second-order valence-electron chi connectivity index (χ2n) is 3.23. The Balaban J connectivity index is 2.71. The van der Waals surface area contributed by atoms with E-state index >= 15 is 0 Å². The zero-order valence-electron chi connectivity index (χ0n) is 9.64. The summed E-state index contributed by atoms with van der Waals surface area (Å²) in [5.41, 5.74) is 0.954. The van der Waals surface area contributed by atoms with Gasteiger partial charge in [-0.1, -0.05) is 0 Å². The molecule has 0 amide bonds. The highest BCUT2D eigenvalue weighted by Gasteiger charge is 2.02. The van der Waals surface area contributed by atoms with Gasteiger partial charge in [0.25, 0.3) is 0 Å². The van der Waals surface area contributed by atoms with Crippen molar-refractivity contribution in [2.24, 2.45) is 4.99 Å². The van der Waals surface area contributed by atoms with Gasteiger partial charge in [0.1, 0.15) is 0 Å². The van der Waals surface area contributed by atoms with Crippen molar-refractivity contribution in [2.45, 2.75) is 6.42 Å². The van der Waals surface area contributed by atoms with E-state index in [9.17, 15) is 0 Å². The van der Waals surface area contributed by atoms with E-state index in [4.69, 9.17) is 14.6 Å². The standard InChI is InChI=1S/C12H17NO3/c1-15-11-5-4-10(8-12(11)16-2)9-13-6-3-7-14/h4-5,8-9,14H,3,6-7H2,1-2H3. The fraction of sp³-hybridized carbons (Fsp3) is 0.417. The summed E-state index contributed by atoms with van der Waals surface area (Å²) in [6, 6.07) is 5.61. The first kappa shape index (κ1) is 12.5. The van der Waals surface area contributed by atoms with Crippen LogP contribution in [0.1, 0.15) is 12.0 Å². The molecule has 1 aromatic rings. The summed E-state index contributed by atoms with van der Waals surface area (Å²) in [4.78, 5) is 4.18. The van der Waals surface area contributed by atoms with E-state index < -0.39 is 0 Å². The quantitative estimate of drug-likeness (QED) is 0.587. The van der Waals surface area contributed by atoms with Gasteiger partial charge < -0.3 is 14.6 Å². The minimum absolute atomic E-state index is 0.170. The molecule has 0 heterocycles. The smallest absolute Gasteiger partial charge is 0.161 e. The number of nitrogens with zero attached hydrogens (tertiary/aromatic N) is 1. The fourth-order valence-corrected chi connectivity index (χ4v) is 1.27. The van der Waals surface area contributed by atoms with Crippen LogP contribution in [-0.4, -0.2) is 38.7 Å². The maximum absolute atomic E-state index is 8.60. The number of ether oxygens (including phenoxy) is 2. The molecule has 0 aliphatic carbocycles. The van der Waals surface area contributed by atoms with Crippen LogP contribution in [0.4, 0.5) is 0 Å². The van der Waals surface area contributed by atoms with Gasteiger partial charge in [0.2, 0.25) is 0 Å². The van der Waals surface area contributed by atoms with Crippen LogP contribution in [0, 0.1) is 0 Å². The molecular weight excluding hydrogens is 206 g/mol. The van der Waals surface area contributed by atoms with Crippen LogP contribution in [0.15, 0.2) is 23.2 Å². The zero-order valence-corrected chi connectivity index (χ0v) is 9.64. The maximum Gasteiger partial charge on any atom is 0.161 e. The van der Waals surface area contributed by atoms with Crippen LogP contribution in [0.25, 0.3) is 0 Å². The van der Waals surface area contributed by atoms with Gasteiger partial charge in [0.15, 0.2) is 11.5 Å². The Labute approximate surface area is 95.5 Å². The zero-order chi connectivity index (χ0) is 11.8. The molecule has 4 nitrogen and oxygen atoms in total. The van der Waals surface area contributed by atoms with Crippen molar-refractivity contribution in [3.63, 3.8) is 0 Å². The van der Waals surface area contributed by atoms with Crippen LogP contribution in [0.3, 0.4) is 0 Å². The van der Waals surface area contributed by atoms with Crippen molar-refractivity contribution in [3.05, 3.63) is 23.8 Å². The Morgan fingerprint density at radius 2 is 2.00 bits per heavy atom. The number of hydrogen-bond donors (Lipinski definition) is 1. The lowest BCUT2D eigenvalue weighted by Gasteiger charge is -2.07. The Morgan fingerprint density at radius 3 is 2.62 bits per heavy atom. The molecule has 0 spiro atoms. The Kier molecular flexibility index (Phi) is 5.36. The van der Waals surface area contributed by atoms with Gasteiger partial charge in [0.05, 0.1) is 14.2 Å². The highest BCUT2D eigenvalue weighted by atomic mass is 16.5. The van der Waals surface area contributed by atoms with Gasteiger partial charge in [-0.3, -0.25) is 4.99 Å². The molecule has 4 heteroatoms. The monoisotopic (exact) mass is 223 g/mol. The molecule has 0 unspecified atom stereocenters. The average molecular weight is 223 g/mol. The third-order valence-corrected chi connectivity index (χ3v) is 2.09. The summed E-state index contributed by atoms with van der Waals surface area (Å²) in [5.74, 6) is 1.39. The predicted octanol–water partition coefficient (Wildman–Crippen LogP) is 1.51. The molecule has 0 atom stereocenters. The lowest BCUT2D eigenvalue weighted by atomic mass is 10.2. The molecule has 16 heavy (non-hydrogen) atoms. The molecule has 0 radical (unpaired) electrons. The Bertz CT molecular complexity index is 350. The van der Waals surface area contributed by atoms with Gasteiger partial charge in [-0.15, -0.1) is 0 Å².